The smallest absolute Gasteiger partial charge is 0.330 e. The van der Waals surface area contributed by atoms with Crippen molar-refractivity contribution in [3.05, 3.63) is 56.4 Å². The Kier molecular flexibility index (Phi) is 3.86. The minimum absolute atomic E-state index is 0.00507. The number of fused-ring (bicyclic) bond motifs is 1. The van der Waals surface area contributed by atoms with Crippen LogP contribution in [0.1, 0.15) is 33.6 Å². The molecule has 10 nitrogen and oxygen atoms in total. The van der Waals surface area contributed by atoms with Gasteiger partial charge in [0.2, 0.25) is 0 Å². The maximum atomic E-state index is 12.0. The minimum atomic E-state index is -0.815. The molecule has 124 valence electrons. The van der Waals surface area contributed by atoms with Crippen LogP contribution in [0.3, 0.4) is 0 Å². The molecule has 2 amide bonds. The standard InChI is InChI=1S/C14H12N4O6/c19-10(6-3-7-17-13(22)15-16-14(17)23)24-18-11(20)8-4-1-2-5-9(8)12(18)21/h1-2,4-5H,3,6-7H2,(H,15,22)(H,16,23). The SMILES string of the molecule is O=C(CCCn1c(=O)[nH][nH]c1=O)ON1C(=O)c2ccccc2C1=O. The summed E-state index contributed by atoms with van der Waals surface area (Å²) in [5.41, 5.74) is -0.899. The van der Waals surface area contributed by atoms with Gasteiger partial charge in [-0.3, -0.25) is 9.59 Å². The van der Waals surface area contributed by atoms with E-state index in [1.807, 2.05) is 0 Å². The molecule has 0 saturated carbocycles. The second kappa shape index (κ2) is 5.99. The number of benzene rings is 1. The molecule has 1 aromatic heterocycles. The van der Waals surface area contributed by atoms with Crippen molar-refractivity contribution >= 4 is 17.8 Å². The molecule has 2 aromatic rings. The fraction of sp³-hybridized carbons (Fsp3) is 0.214. The fourth-order valence-corrected chi connectivity index (χ4v) is 2.32. The summed E-state index contributed by atoms with van der Waals surface area (Å²) in [4.78, 5) is 63.2. The van der Waals surface area contributed by atoms with Crippen LogP contribution < -0.4 is 11.4 Å². The number of amides is 2. The van der Waals surface area contributed by atoms with Crippen LogP contribution in [0.2, 0.25) is 0 Å². The topological polar surface area (TPSA) is 134 Å². The van der Waals surface area contributed by atoms with Gasteiger partial charge in [-0.05, 0) is 18.6 Å². The number of H-pyrrole nitrogens is 2. The van der Waals surface area contributed by atoms with Crippen molar-refractivity contribution in [2.45, 2.75) is 19.4 Å². The van der Waals surface area contributed by atoms with E-state index in [0.717, 1.165) is 4.57 Å². The number of hydrogen-bond acceptors (Lipinski definition) is 6. The molecule has 0 saturated heterocycles. The van der Waals surface area contributed by atoms with Crippen LogP contribution in [-0.2, 0) is 16.2 Å². The molecule has 10 heteroatoms. The molecule has 24 heavy (non-hydrogen) atoms. The van der Waals surface area contributed by atoms with Crippen LogP contribution in [-0.4, -0.2) is 37.6 Å². The van der Waals surface area contributed by atoms with E-state index < -0.39 is 29.2 Å². The lowest BCUT2D eigenvalue weighted by atomic mass is 10.1. The first-order valence-corrected chi connectivity index (χ1v) is 7.05. The normalized spacial score (nSPS) is 13.2. The Morgan fingerprint density at radius 3 is 2.04 bits per heavy atom. The van der Waals surface area contributed by atoms with Gasteiger partial charge in [0.25, 0.3) is 11.8 Å². The molecular weight excluding hydrogens is 320 g/mol. The van der Waals surface area contributed by atoms with E-state index in [2.05, 4.69) is 10.2 Å². The number of carbonyl (C=O) groups is 3. The molecule has 1 aliphatic rings. The first-order valence-electron chi connectivity index (χ1n) is 7.05. The predicted molar refractivity (Wildman–Crippen MR) is 77.9 cm³/mol. The number of aromatic amines is 2. The molecule has 0 radical (unpaired) electrons. The number of hydroxylamine groups is 2. The molecule has 0 spiro atoms. The van der Waals surface area contributed by atoms with Crippen molar-refractivity contribution in [3.8, 4) is 0 Å². The first kappa shape index (κ1) is 15.5. The van der Waals surface area contributed by atoms with E-state index >= 15 is 0 Å². The molecule has 0 fully saturated rings. The van der Waals surface area contributed by atoms with Crippen LogP contribution in [0.4, 0.5) is 0 Å². The molecular formula is C14H12N4O6. The molecule has 0 bridgehead atoms. The van der Waals surface area contributed by atoms with Crippen molar-refractivity contribution in [3.63, 3.8) is 0 Å². The number of nitrogens with zero attached hydrogens (tertiary/aromatic N) is 2. The first-order chi connectivity index (χ1) is 11.5. The van der Waals surface area contributed by atoms with Crippen molar-refractivity contribution < 1.29 is 19.2 Å². The molecule has 1 aromatic carbocycles. The molecule has 2 heterocycles. The van der Waals surface area contributed by atoms with Gasteiger partial charge in [-0.15, -0.1) is 0 Å². The number of hydrogen-bond donors (Lipinski definition) is 2. The molecule has 2 N–H and O–H groups in total. The summed E-state index contributed by atoms with van der Waals surface area (Å²) in [5, 5.41) is 4.64. The van der Waals surface area contributed by atoms with Crippen molar-refractivity contribution in [2.24, 2.45) is 0 Å². The second-order valence-electron chi connectivity index (χ2n) is 5.03. The van der Waals surface area contributed by atoms with E-state index in [1.165, 1.54) is 12.1 Å². The zero-order chi connectivity index (χ0) is 17.3. The monoisotopic (exact) mass is 332 g/mol. The van der Waals surface area contributed by atoms with Crippen LogP contribution in [0.15, 0.2) is 33.9 Å². The lowest BCUT2D eigenvalue weighted by Crippen LogP contribution is -2.33. The van der Waals surface area contributed by atoms with Gasteiger partial charge in [0.05, 0.1) is 11.1 Å². The highest BCUT2D eigenvalue weighted by molar-refractivity contribution is 6.20. The summed E-state index contributed by atoms with van der Waals surface area (Å²) in [5.74, 6) is -2.23. The zero-order valence-electron chi connectivity index (χ0n) is 12.3. The Morgan fingerprint density at radius 2 is 1.50 bits per heavy atom. The largest absolute Gasteiger partial charge is 0.344 e. The predicted octanol–water partition coefficient (Wildman–Crippen LogP) is -0.601. The molecule has 0 atom stereocenters. The zero-order valence-corrected chi connectivity index (χ0v) is 12.3. The van der Waals surface area contributed by atoms with Gasteiger partial charge in [-0.1, -0.05) is 17.2 Å². The Morgan fingerprint density at radius 1 is 0.958 bits per heavy atom. The fourth-order valence-electron chi connectivity index (χ4n) is 2.32. The quantitative estimate of drug-likeness (QED) is 0.702. The van der Waals surface area contributed by atoms with Crippen LogP contribution in [0.5, 0.6) is 0 Å². The molecule has 0 unspecified atom stereocenters. The van der Waals surface area contributed by atoms with Crippen LogP contribution in [0.25, 0.3) is 0 Å². The maximum absolute atomic E-state index is 12.0. The highest BCUT2D eigenvalue weighted by Gasteiger charge is 2.38. The Hall–Kier alpha value is -3.43. The summed E-state index contributed by atoms with van der Waals surface area (Å²) in [7, 11) is 0. The van der Waals surface area contributed by atoms with E-state index in [-0.39, 0.29) is 30.5 Å². The highest BCUT2D eigenvalue weighted by Crippen LogP contribution is 2.22. The number of nitrogens with one attached hydrogen (secondary N) is 2. The van der Waals surface area contributed by atoms with Crippen molar-refractivity contribution in [1.82, 2.24) is 19.8 Å². The average Bonchev–Trinajstić information content (AvgIpc) is 3.01. The minimum Gasteiger partial charge on any atom is -0.330 e. The summed E-state index contributed by atoms with van der Waals surface area (Å²) in [6, 6.07) is 6.13. The van der Waals surface area contributed by atoms with Gasteiger partial charge >= 0.3 is 17.3 Å². The molecule has 3 rings (SSSR count). The lowest BCUT2D eigenvalue weighted by Gasteiger charge is -2.12. The number of aromatic nitrogens is 3. The third-order valence-electron chi connectivity index (χ3n) is 3.48. The number of imide groups is 1. The van der Waals surface area contributed by atoms with Gasteiger partial charge < -0.3 is 4.84 Å². The van der Waals surface area contributed by atoms with Crippen molar-refractivity contribution in [2.75, 3.05) is 0 Å². The molecule has 1 aliphatic heterocycles. The van der Waals surface area contributed by atoms with Crippen LogP contribution >= 0.6 is 0 Å². The van der Waals surface area contributed by atoms with Crippen LogP contribution in [0, 0.1) is 0 Å². The third kappa shape index (κ3) is 2.64. The van der Waals surface area contributed by atoms with Gasteiger partial charge in [0.1, 0.15) is 0 Å². The van der Waals surface area contributed by atoms with Gasteiger partial charge in [0, 0.05) is 13.0 Å². The summed E-state index contributed by atoms with van der Waals surface area (Å²) >= 11 is 0. The van der Waals surface area contributed by atoms with E-state index in [1.54, 1.807) is 12.1 Å². The lowest BCUT2D eigenvalue weighted by molar-refractivity contribution is -0.168. The summed E-state index contributed by atoms with van der Waals surface area (Å²) < 4.78 is 0.884. The number of rotatable bonds is 5. The number of carbonyl (C=O) groups excluding carboxylic acids is 3. The van der Waals surface area contributed by atoms with E-state index in [0.29, 0.717) is 5.06 Å². The van der Waals surface area contributed by atoms with Gasteiger partial charge in [-0.2, -0.15) is 0 Å². The Bertz CT molecular complexity index is 874. The summed E-state index contributed by atoms with van der Waals surface area (Å²) in [6.07, 6.45) is -0.0483. The van der Waals surface area contributed by atoms with Gasteiger partial charge in [-0.25, -0.2) is 29.1 Å². The molecule has 0 aliphatic carbocycles. The highest BCUT2D eigenvalue weighted by atomic mass is 16.7. The van der Waals surface area contributed by atoms with E-state index in [9.17, 15) is 24.0 Å². The maximum Gasteiger partial charge on any atom is 0.344 e. The van der Waals surface area contributed by atoms with E-state index in [4.69, 9.17) is 4.84 Å². The summed E-state index contributed by atoms with van der Waals surface area (Å²) in [6.45, 7) is -0.00507. The third-order valence-corrected chi connectivity index (χ3v) is 3.48. The van der Waals surface area contributed by atoms with Gasteiger partial charge in [0.15, 0.2) is 0 Å². The Balaban J connectivity index is 1.58. The van der Waals surface area contributed by atoms with Crippen molar-refractivity contribution in [1.29, 1.82) is 0 Å². The Labute approximate surface area is 133 Å². The second-order valence-corrected chi connectivity index (χ2v) is 5.03. The average molecular weight is 332 g/mol.